The predicted molar refractivity (Wildman–Crippen MR) is 72.9 cm³/mol. The largest absolute Gasteiger partial charge is 0.350 e. The maximum atomic E-state index is 12.3. The van der Waals surface area contributed by atoms with Gasteiger partial charge in [0.2, 0.25) is 0 Å². The molecule has 2 aromatic rings. The molecule has 1 aliphatic heterocycles. The topological polar surface area (TPSA) is 36.1 Å². The molecular weight excluding hydrogens is 224 g/mol. The number of nitrogens with zero attached hydrogens (tertiary/aromatic N) is 1. The summed E-state index contributed by atoms with van der Waals surface area (Å²) in [6.45, 7) is 2.95. The Kier molecular flexibility index (Phi) is 2.62. The number of carbonyl (C=O) groups is 1. The maximum Gasteiger partial charge on any atom is 0.270 e. The molecule has 2 heterocycles. The van der Waals surface area contributed by atoms with Crippen molar-refractivity contribution in [2.24, 2.45) is 0 Å². The van der Waals surface area contributed by atoms with Gasteiger partial charge < -0.3 is 9.88 Å². The zero-order chi connectivity index (χ0) is 12.7. The molecule has 0 atom stereocenters. The molecular formula is C15H18N2O. The van der Waals surface area contributed by atoms with Crippen LogP contribution in [0.1, 0.15) is 34.5 Å². The van der Waals surface area contributed by atoms with Crippen LogP contribution in [0.4, 0.5) is 0 Å². The first-order valence-corrected chi connectivity index (χ1v) is 6.53. The summed E-state index contributed by atoms with van der Waals surface area (Å²) in [5.41, 5.74) is 4.31. The van der Waals surface area contributed by atoms with E-state index in [-0.39, 0.29) is 5.91 Å². The maximum absolute atomic E-state index is 12.3. The summed E-state index contributed by atoms with van der Waals surface area (Å²) in [7, 11) is 1.88. The van der Waals surface area contributed by atoms with E-state index >= 15 is 0 Å². The SMILES string of the molecule is Cc1ccc2[nH]c3c(c2c1)CCCCN(C)C3=O. The number of aromatic nitrogens is 1. The van der Waals surface area contributed by atoms with Crippen molar-refractivity contribution < 1.29 is 4.79 Å². The number of hydrogen-bond acceptors (Lipinski definition) is 1. The molecule has 1 N–H and O–H groups in total. The van der Waals surface area contributed by atoms with E-state index in [1.165, 1.54) is 16.5 Å². The number of aromatic amines is 1. The number of rotatable bonds is 0. The summed E-state index contributed by atoms with van der Waals surface area (Å²) >= 11 is 0. The van der Waals surface area contributed by atoms with Gasteiger partial charge in [-0.2, -0.15) is 0 Å². The van der Waals surface area contributed by atoms with Gasteiger partial charge in [0.1, 0.15) is 5.69 Å². The van der Waals surface area contributed by atoms with Crippen molar-refractivity contribution in [3.63, 3.8) is 0 Å². The third-order valence-corrected chi connectivity index (χ3v) is 3.79. The van der Waals surface area contributed by atoms with Crippen LogP contribution in [-0.2, 0) is 6.42 Å². The van der Waals surface area contributed by atoms with Crippen LogP contribution in [0.15, 0.2) is 18.2 Å². The molecule has 3 nitrogen and oxygen atoms in total. The molecule has 1 amide bonds. The second-order valence-corrected chi connectivity index (χ2v) is 5.21. The van der Waals surface area contributed by atoms with Crippen molar-refractivity contribution in [1.82, 2.24) is 9.88 Å². The third kappa shape index (κ3) is 1.70. The number of benzene rings is 1. The first-order valence-electron chi connectivity index (χ1n) is 6.53. The van der Waals surface area contributed by atoms with Gasteiger partial charge in [-0.25, -0.2) is 0 Å². The van der Waals surface area contributed by atoms with Crippen LogP contribution in [-0.4, -0.2) is 29.4 Å². The molecule has 0 unspecified atom stereocenters. The quantitative estimate of drug-likeness (QED) is 0.757. The highest BCUT2D eigenvalue weighted by atomic mass is 16.2. The fourth-order valence-electron chi connectivity index (χ4n) is 2.75. The molecule has 18 heavy (non-hydrogen) atoms. The Hall–Kier alpha value is -1.77. The zero-order valence-electron chi connectivity index (χ0n) is 10.9. The lowest BCUT2D eigenvalue weighted by Crippen LogP contribution is -2.30. The molecule has 3 heteroatoms. The lowest BCUT2D eigenvalue weighted by molar-refractivity contribution is 0.0783. The summed E-state index contributed by atoms with van der Waals surface area (Å²) < 4.78 is 0. The number of carbonyl (C=O) groups excluding carboxylic acids is 1. The van der Waals surface area contributed by atoms with E-state index in [0.717, 1.165) is 37.0 Å². The van der Waals surface area contributed by atoms with Gasteiger partial charge in [-0.15, -0.1) is 0 Å². The average molecular weight is 242 g/mol. The summed E-state index contributed by atoms with van der Waals surface area (Å²) in [5, 5.41) is 1.22. The Morgan fingerprint density at radius 3 is 2.94 bits per heavy atom. The molecule has 0 fully saturated rings. The fraction of sp³-hybridized carbons (Fsp3) is 0.400. The third-order valence-electron chi connectivity index (χ3n) is 3.79. The van der Waals surface area contributed by atoms with E-state index in [1.54, 1.807) is 0 Å². The number of nitrogens with one attached hydrogen (secondary N) is 1. The van der Waals surface area contributed by atoms with Crippen molar-refractivity contribution in [2.45, 2.75) is 26.2 Å². The van der Waals surface area contributed by atoms with Crippen LogP contribution >= 0.6 is 0 Å². The van der Waals surface area contributed by atoms with Crippen molar-refractivity contribution >= 4 is 16.8 Å². The van der Waals surface area contributed by atoms with E-state index in [2.05, 4.69) is 30.1 Å². The summed E-state index contributed by atoms with van der Waals surface area (Å²) in [6.07, 6.45) is 3.23. The van der Waals surface area contributed by atoms with Gasteiger partial charge in [0.05, 0.1) is 0 Å². The first-order chi connectivity index (χ1) is 8.66. The average Bonchev–Trinajstić information content (AvgIpc) is 2.70. The van der Waals surface area contributed by atoms with E-state index in [4.69, 9.17) is 0 Å². The number of amides is 1. The molecule has 3 rings (SSSR count). The van der Waals surface area contributed by atoms with Crippen molar-refractivity contribution in [3.05, 3.63) is 35.0 Å². The Balaban J connectivity index is 2.23. The van der Waals surface area contributed by atoms with E-state index < -0.39 is 0 Å². The van der Waals surface area contributed by atoms with Gasteiger partial charge in [0.15, 0.2) is 0 Å². The van der Waals surface area contributed by atoms with Crippen LogP contribution in [0, 0.1) is 6.92 Å². The lowest BCUT2D eigenvalue weighted by Gasteiger charge is -2.20. The van der Waals surface area contributed by atoms with Gasteiger partial charge >= 0.3 is 0 Å². The van der Waals surface area contributed by atoms with Gasteiger partial charge in [-0.1, -0.05) is 11.6 Å². The van der Waals surface area contributed by atoms with Crippen LogP contribution < -0.4 is 0 Å². The number of hydrogen-bond donors (Lipinski definition) is 1. The standard InChI is InChI=1S/C15H18N2O/c1-10-6-7-13-12(9-10)11-5-3-4-8-17(2)15(18)14(11)16-13/h6-7,9,16H,3-5,8H2,1-2H3. The fourth-order valence-corrected chi connectivity index (χ4v) is 2.75. The highest BCUT2D eigenvalue weighted by Crippen LogP contribution is 2.27. The Morgan fingerprint density at radius 1 is 1.28 bits per heavy atom. The smallest absolute Gasteiger partial charge is 0.270 e. The summed E-state index contributed by atoms with van der Waals surface area (Å²) in [6, 6.07) is 6.34. The van der Waals surface area contributed by atoms with Crippen LogP contribution in [0.5, 0.6) is 0 Å². The Labute approximate surface area is 107 Å². The van der Waals surface area contributed by atoms with E-state index in [0.29, 0.717) is 0 Å². The minimum absolute atomic E-state index is 0.124. The molecule has 1 aromatic carbocycles. The van der Waals surface area contributed by atoms with Gasteiger partial charge in [0, 0.05) is 24.5 Å². The summed E-state index contributed by atoms with van der Waals surface area (Å²) in [5.74, 6) is 0.124. The van der Waals surface area contributed by atoms with Crippen LogP contribution in [0.25, 0.3) is 10.9 Å². The molecule has 1 aliphatic rings. The molecule has 0 radical (unpaired) electrons. The van der Waals surface area contributed by atoms with Crippen LogP contribution in [0.3, 0.4) is 0 Å². The molecule has 0 saturated carbocycles. The van der Waals surface area contributed by atoms with E-state index in [9.17, 15) is 4.79 Å². The zero-order valence-corrected chi connectivity index (χ0v) is 10.9. The monoisotopic (exact) mass is 242 g/mol. The molecule has 0 saturated heterocycles. The van der Waals surface area contributed by atoms with Crippen molar-refractivity contribution in [3.8, 4) is 0 Å². The van der Waals surface area contributed by atoms with Gasteiger partial charge in [-0.05, 0) is 43.9 Å². The first kappa shape index (κ1) is 11.3. The minimum atomic E-state index is 0.124. The molecule has 0 aliphatic carbocycles. The van der Waals surface area contributed by atoms with Crippen molar-refractivity contribution in [1.29, 1.82) is 0 Å². The lowest BCUT2D eigenvalue weighted by atomic mass is 10.0. The number of fused-ring (bicyclic) bond motifs is 3. The number of aryl methyl sites for hydroxylation is 2. The Bertz CT molecular complexity index is 612. The minimum Gasteiger partial charge on any atom is -0.350 e. The second-order valence-electron chi connectivity index (χ2n) is 5.21. The summed E-state index contributed by atoms with van der Waals surface area (Å²) in [4.78, 5) is 17.5. The van der Waals surface area contributed by atoms with Gasteiger partial charge in [0.25, 0.3) is 5.91 Å². The highest BCUT2D eigenvalue weighted by Gasteiger charge is 2.22. The molecule has 0 bridgehead atoms. The predicted octanol–water partition coefficient (Wildman–Crippen LogP) is 2.88. The van der Waals surface area contributed by atoms with Gasteiger partial charge in [-0.3, -0.25) is 4.79 Å². The molecule has 94 valence electrons. The normalized spacial score (nSPS) is 16.6. The second kappa shape index (κ2) is 4.16. The number of H-pyrrole nitrogens is 1. The Morgan fingerprint density at radius 2 is 2.11 bits per heavy atom. The van der Waals surface area contributed by atoms with Crippen molar-refractivity contribution in [2.75, 3.05) is 13.6 Å². The highest BCUT2D eigenvalue weighted by molar-refractivity contribution is 6.01. The van der Waals surface area contributed by atoms with Crippen LogP contribution in [0.2, 0.25) is 0 Å². The molecule has 0 spiro atoms. The molecule has 1 aromatic heterocycles. The van der Waals surface area contributed by atoms with E-state index in [1.807, 2.05) is 11.9 Å².